The van der Waals surface area contributed by atoms with E-state index in [0.29, 0.717) is 11.1 Å². The molecule has 2 aromatic rings. The maximum atomic E-state index is 13.6. The molecule has 2 atom stereocenters. The molecule has 6 nitrogen and oxygen atoms in total. The monoisotopic (exact) mass is 459 g/mol. The van der Waals surface area contributed by atoms with Crippen molar-refractivity contribution in [3.63, 3.8) is 0 Å². The van der Waals surface area contributed by atoms with E-state index in [0.717, 1.165) is 22.5 Å². The number of hydrogen-bond acceptors (Lipinski definition) is 6. The van der Waals surface area contributed by atoms with Crippen molar-refractivity contribution in [3.8, 4) is 11.1 Å². The Balaban J connectivity index is 2.60. The quantitative estimate of drug-likeness (QED) is 0.458. The van der Waals surface area contributed by atoms with Crippen LogP contribution in [0.1, 0.15) is 74.9 Å². The van der Waals surface area contributed by atoms with Crippen LogP contribution in [-0.2, 0) is 16.1 Å². The lowest BCUT2D eigenvalue weighted by Gasteiger charge is -2.23. The molecule has 2 rings (SSSR count). The van der Waals surface area contributed by atoms with Crippen LogP contribution in [0.5, 0.6) is 0 Å². The van der Waals surface area contributed by atoms with E-state index in [1.54, 1.807) is 18.2 Å². The number of aliphatic hydroxyl groups is 3. The van der Waals surface area contributed by atoms with Crippen LogP contribution >= 0.6 is 0 Å². The van der Waals surface area contributed by atoms with E-state index in [4.69, 9.17) is 4.98 Å². The first-order valence-electron chi connectivity index (χ1n) is 11.1. The van der Waals surface area contributed by atoms with Crippen LogP contribution in [0.4, 0.5) is 4.39 Å². The fraction of sp³-hybridized carbons (Fsp3) is 0.462. The van der Waals surface area contributed by atoms with Gasteiger partial charge in [0, 0.05) is 23.2 Å². The molecule has 33 heavy (non-hydrogen) atoms. The molecule has 1 heterocycles. The van der Waals surface area contributed by atoms with Crippen molar-refractivity contribution in [3.05, 3.63) is 58.7 Å². The van der Waals surface area contributed by atoms with Crippen molar-refractivity contribution in [1.29, 1.82) is 0 Å². The summed E-state index contributed by atoms with van der Waals surface area (Å²) in [4.78, 5) is 16.2. The zero-order valence-corrected chi connectivity index (χ0v) is 19.9. The first-order chi connectivity index (χ1) is 15.6. The number of pyridine rings is 1. The normalized spacial score (nSPS) is 13.7. The van der Waals surface area contributed by atoms with Crippen LogP contribution in [0.2, 0.25) is 0 Å². The van der Waals surface area contributed by atoms with Crippen LogP contribution in [0.25, 0.3) is 17.2 Å². The summed E-state index contributed by atoms with van der Waals surface area (Å²) in [7, 11) is 1.24. The van der Waals surface area contributed by atoms with Gasteiger partial charge in [-0.05, 0) is 35.1 Å². The van der Waals surface area contributed by atoms with E-state index < -0.39 is 18.2 Å². The van der Waals surface area contributed by atoms with Crippen LogP contribution in [0.15, 0.2) is 30.3 Å². The Morgan fingerprint density at radius 1 is 1.09 bits per heavy atom. The third kappa shape index (κ3) is 6.93. The Bertz CT molecular complexity index is 970. The summed E-state index contributed by atoms with van der Waals surface area (Å²) in [6.07, 6.45) is 0.935. The Kier molecular flexibility index (Phi) is 9.70. The number of nitrogens with zero attached hydrogens (tertiary/aromatic N) is 1. The SMILES string of the molecule is COC(=O)C[C@@H](O)C[C@@H](O)/C=C/c1c(C(C)C)nc(C(C)C)c(CO)c1-c1ccc(F)cc1. The minimum absolute atomic E-state index is 0.0381. The van der Waals surface area contributed by atoms with Gasteiger partial charge in [-0.3, -0.25) is 9.78 Å². The van der Waals surface area contributed by atoms with E-state index >= 15 is 0 Å². The number of methoxy groups -OCH3 is 1. The second kappa shape index (κ2) is 12.0. The Hall–Kier alpha value is -2.61. The molecule has 0 bridgehead atoms. The number of aromatic nitrogens is 1. The van der Waals surface area contributed by atoms with Gasteiger partial charge in [-0.2, -0.15) is 0 Å². The first-order valence-corrected chi connectivity index (χ1v) is 11.1. The van der Waals surface area contributed by atoms with E-state index in [1.165, 1.54) is 25.3 Å². The summed E-state index contributed by atoms with van der Waals surface area (Å²) in [5.74, 6) is -0.823. The van der Waals surface area contributed by atoms with E-state index in [2.05, 4.69) is 4.74 Å². The summed E-state index contributed by atoms with van der Waals surface area (Å²) >= 11 is 0. The topological polar surface area (TPSA) is 99.9 Å². The molecule has 0 spiro atoms. The van der Waals surface area contributed by atoms with Crippen LogP contribution in [0.3, 0.4) is 0 Å². The summed E-state index contributed by atoms with van der Waals surface area (Å²) in [6.45, 7) is 7.78. The Morgan fingerprint density at radius 3 is 2.21 bits per heavy atom. The average Bonchev–Trinajstić information content (AvgIpc) is 2.76. The molecular weight excluding hydrogens is 425 g/mol. The van der Waals surface area contributed by atoms with Gasteiger partial charge in [0.15, 0.2) is 0 Å². The number of aliphatic hydroxyl groups excluding tert-OH is 3. The van der Waals surface area contributed by atoms with Gasteiger partial charge in [-0.25, -0.2) is 4.39 Å². The zero-order valence-electron chi connectivity index (χ0n) is 19.9. The van der Waals surface area contributed by atoms with Crippen molar-refractivity contribution in [2.75, 3.05) is 7.11 Å². The van der Waals surface area contributed by atoms with Gasteiger partial charge in [0.25, 0.3) is 0 Å². The van der Waals surface area contributed by atoms with Gasteiger partial charge in [0.1, 0.15) is 5.82 Å². The number of ether oxygens (including phenoxy) is 1. The van der Waals surface area contributed by atoms with Crippen LogP contribution in [-0.4, -0.2) is 45.6 Å². The van der Waals surface area contributed by atoms with Gasteiger partial charge in [-0.15, -0.1) is 0 Å². The van der Waals surface area contributed by atoms with Crippen molar-refractivity contribution < 1.29 is 29.2 Å². The Labute approximate surface area is 194 Å². The average molecular weight is 460 g/mol. The lowest BCUT2D eigenvalue weighted by atomic mass is 9.87. The standard InChI is InChI=1S/C26H34FNO5/c1-15(2)25-21(11-10-19(30)12-20(31)13-23(32)33-5)24(17-6-8-18(27)9-7-17)22(14-29)26(28-25)16(3)4/h6-11,15-16,19-20,29-31H,12-14H2,1-5H3/b11-10+/t19-,20-/m0/s1. The molecule has 0 unspecified atom stereocenters. The van der Waals surface area contributed by atoms with E-state index in [9.17, 15) is 24.5 Å². The van der Waals surface area contributed by atoms with Crippen molar-refractivity contribution in [1.82, 2.24) is 4.98 Å². The van der Waals surface area contributed by atoms with Gasteiger partial charge in [-0.1, -0.05) is 52.0 Å². The molecule has 180 valence electrons. The van der Waals surface area contributed by atoms with Gasteiger partial charge >= 0.3 is 5.97 Å². The van der Waals surface area contributed by atoms with Gasteiger partial charge in [0.05, 0.1) is 38.0 Å². The third-order valence-corrected chi connectivity index (χ3v) is 5.41. The summed E-state index contributed by atoms with van der Waals surface area (Å²) in [5.41, 5.74) is 4.39. The predicted molar refractivity (Wildman–Crippen MR) is 126 cm³/mol. The molecule has 0 aliphatic rings. The fourth-order valence-electron chi connectivity index (χ4n) is 3.79. The van der Waals surface area contributed by atoms with Crippen molar-refractivity contribution in [2.24, 2.45) is 0 Å². The molecule has 0 radical (unpaired) electrons. The fourth-order valence-corrected chi connectivity index (χ4v) is 3.79. The minimum atomic E-state index is -1.05. The van der Waals surface area contributed by atoms with Crippen molar-refractivity contribution >= 4 is 12.0 Å². The maximum Gasteiger partial charge on any atom is 0.308 e. The van der Waals surface area contributed by atoms with Crippen LogP contribution < -0.4 is 0 Å². The highest BCUT2D eigenvalue weighted by Crippen LogP contribution is 2.37. The second-order valence-electron chi connectivity index (χ2n) is 8.72. The molecule has 0 aliphatic heterocycles. The first kappa shape index (κ1) is 26.6. The van der Waals surface area contributed by atoms with Crippen LogP contribution in [0, 0.1) is 5.82 Å². The summed E-state index contributed by atoms with van der Waals surface area (Å²) in [5, 5.41) is 30.7. The number of carbonyl (C=O) groups excluding carboxylic acids is 1. The number of esters is 1. The largest absolute Gasteiger partial charge is 0.469 e. The highest BCUT2D eigenvalue weighted by atomic mass is 19.1. The zero-order chi connectivity index (χ0) is 24.7. The van der Waals surface area contributed by atoms with Gasteiger partial charge < -0.3 is 20.1 Å². The highest BCUT2D eigenvalue weighted by molar-refractivity contribution is 5.80. The lowest BCUT2D eigenvalue weighted by Crippen LogP contribution is -2.20. The molecule has 1 aromatic heterocycles. The lowest BCUT2D eigenvalue weighted by molar-refractivity contribution is -0.143. The predicted octanol–water partition coefficient (Wildman–Crippen LogP) is 4.32. The number of benzene rings is 1. The summed E-state index contributed by atoms with van der Waals surface area (Å²) < 4.78 is 18.2. The smallest absolute Gasteiger partial charge is 0.308 e. The second-order valence-corrected chi connectivity index (χ2v) is 8.72. The molecule has 0 aliphatic carbocycles. The van der Waals surface area contributed by atoms with E-state index in [1.807, 2.05) is 27.7 Å². The Morgan fingerprint density at radius 2 is 1.70 bits per heavy atom. The molecule has 7 heteroatoms. The molecule has 0 saturated heterocycles. The van der Waals surface area contributed by atoms with Crippen molar-refractivity contribution in [2.45, 2.75) is 71.2 Å². The molecular formula is C26H34FNO5. The number of halogens is 1. The summed E-state index contributed by atoms with van der Waals surface area (Å²) in [6, 6.07) is 6.05. The molecule has 0 fully saturated rings. The highest BCUT2D eigenvalue weighted by Gasteiger charge is 2.23. The number of hydrogen-bond donors (Lipinski definition) is 3. The van der Waals surface area contributed by atoms with E-state index in [-0.39, 0.29) is 37.1 Å². The molecule has 1 aromatic carbocycles. The third-order valence-electron chi connectivity index (χ3n) is 5.41. The van der Waals surface area contributed by atoms with Gasteiger partial charge in [0.2, 0.25) is 0 Å². The minimum Gasteiger partial charge on any atom is -0.469 e. The number of rotatable bonds is 10. The molecule has 3 N–H and O–H groups in total. The maximum absolute atomic E-state index is 13.6. The molecule has 0 saturated carbocycles. The molecule has 0 amide bonds. The number of carbonyl (C=O) groups is 1.